The van der Waals surface area contributed by atoms with E-state index in [0.717, 1.165) is 19.5 Å². The van der Waals surface area contributed by atoms with Crippen LogP contribution in [0, 0.1) is 0 Å². The summed E-state index contributed by atoms with van der Waals surface area (Å²) in [6, 6.07) is 0.988. The second-order valence-electron chi connectivity index (χ2n) is 4.33. The molecule has 0 bridgehead atoms. The van der Waals surface area contributed by atoms with Gasteiger partial charge in [0.25, 0.3) is 0 Å². The van der Waals surface area contributed by atoms with E-state index in [1.807, 2.05) is 6.92 Å². The molecule has 1 saturated heterocycles. The van der Waals surface area contributed by atoms with Crippen LogP contribution in [0.2, 0.25) is 0 Å². The maximum absolute atomic E-state index is 11.3. The van der Waals surface area contributed by atoms with Crippen molar-refractivity contribution in [1.82, 2.24) is 16.0 Å². The number of urea groups is 1. The molecule has 0 aromatic rings. The van der Waals surface area contributed by atoms with Gasteiger partial charge in [0.2, 0.25) is 0 Å². The van der Waals surface area contributed by atoms with E-state index in [0.29, 0.717) is 12.1 Å². The monoisotopic (exact) mass is 213 g/mol. The van der Waals surface area contributed by atoms with Crippen molar-refractivity contribution in [2.45, 2.75) is 51.6 Å². The highest BCUT2D eigenvalue weighted by molar-refractivity contribution is 5.73. The maximum Gasteiger partial charge on any atom is 0.314 e. The van der Waals surface area contributed by atoms with Gasteiger partial charge in [0, 0.05) is 25.2 Å². The zero-order valence-electron chi connectivity index (χ0n) is 9.81. The minimum Gasteiger partial charge on any atom is -0.338 e. The van der Waals surface area contributed by atoms with Gasteiger partial charge < -0.3 is 16.0 Å². The summed E-state index contributed by atoms with van der Waals surface area (Å²) in [5, 5.41) is 9.19. The number of piperidine rings is 1. The number of carbonyl (C=O) groups is 1. The standard InChI is InChI=1S/C11H23N3O/c1-3-7-12-11(15)13-8-10-6-4-5-9(2)14-10/h9-10,14H,3-8H2,1-2H3,(H2,12,13,15). The van der Waals surface area contributed by atoms with E-state index < -0.39 is 0 Å². The molecule has 2 unspecified atom stereocenters. The van der Waals surface area contributed by atoms with Crippen LogP contribution >= 0.6 is 0 Å². The Hall–Kier alpha value is -0.770. The fourth-order valence-electron chi connectivity index (χ4n) is 1.92. The predicted molar refractivity (Wildman–Crippen MR) is 61.9 cm³/mol. The van der Waals surface area contributed by atoms with Crippen LogP contribution in [0.25, 0.3) is 0 Å². The predicted octanol–water partition coefficient (Wildman–Crippen LogP) is 1.23. The Balaban J connectivity index is 2.10. The van der Waals surface area contributed by atoms with E-state index in [2.05, 4.69) is 22.9 Å². The highest BCUT2D eigenvalue weighted by Gasteiger charge is 2.17. The van der Waals surface area contributed by atoms with Crippen LogP contribution in [0.1, 0.15) is 39.5 Å². The average molecular weight is 213 g/mol. The summed E-state index contributed by atoms with van der Waals surface area (Å²) in [5.74, 6) is 0. The van der Waals surface area contributed by atoms with Gasteiger partial charge in [0.1, 0.15) is 0 Å². The molecule has 0 aromatic carbocycles. The van der Waals surface area contributed by atoms with E-state index in [9.17, 15) is 4.79 Å². The maximum atomic E-state index is 11.3. The largest absolute Gasteiger partial charge is 0.338 e. The molecule has 4 nitrogen and oxygen atoms in total. The van der Waals surface area contributed by atoms with Crippen LogP contribution in [0.5, 0.6) is 0 Å². The van der Waals surface area contributed by atoms with E-state index in [4.69, 9.17) is 0 Å². The number of nitrogens with one attached hydrogen (secondary N) is 3. The van der Waals surface area contributed by atoms with Crippen molar-refractivity contribution in [3.63, 3.8) is 0 Å². The molecule has 15 heavy (non-hydrogen) atoms. The molecule has 1 fully saturated rings. The van der Waals surface area contributed by atoms with Crippen LogP contribution in [0.15, 0.2) is 0 Å². The first-order valence-electron chi connectivity index (χ1n) is 6.00. The quantitative estimate of drug-likeness (QED) is 0.658. The third-order valence-corrected chi connectivity index (χ3v) is 2.75. The highest BCUT2D eigenvalue weighted by atomic mass is 16.2. The molecule has 0 saturated carbocycles. The molecule has 2 atom stereocenters. The molecule has 1 aliphatic heterocycles. The summed E-state index contributed by atoms with van der Waals surface area (Å²) in [6.45, 7) is 5.73. The van der Waals surface area contributed by atoms with Crippen LogP contribution in [0.3, 0.4) is 0 Å². The topological polar surface area (TPSA) is 53.2 Å². The molecule has 1 heterocycles. The molecule has 0 aliphatic carbocycles. The van der Waals surface area contributed by atoms with E-state index >= 15 is 0 Å². The Morgan fingerprint density at radius 1 is 1.40 bits per heavy atom. The number of hydrogen-bond acceptors (Lipinski definition) is 2. The molecular formula is C11H23N3O. The fraction of sp³-hybridized carbons (Fsp3) is 0.909. The SMILES string of the molecule is CCCNC(=O)NCC1CCCC(C)N1. The Morgan fingerprint density at radius 2 is 2.20 bits per heavy atom. The van der Waals surface area contributed by atoms with Gasteiger partial charge in [-0.25, -0.2) is 4.79 Å². The van der Waals surface area contributed by atoms with Gasteiger partial charge in [0.15, 0.2) is 0 Å². The molecule has 2 amide bonds. The summed E-state index contributed by atoms with van der Waals surface area (Å²) in [6.07, 6.45) is 4.65. The third-order valence-electron chi connectivity index (χ3n) is 2.75. The first kappa shape index (κ1) is 12.3. The van der Waals surface area contributed by atoms with E-state index in [-0.39, 0.29) is 6.03 Å². The van der Waals surface area contributed by atoms with Crippen molar-refractivity contribution >= 4 is 6.03 Å². The third kappa shape index (κ3) is 5.02. The van der Waals surface area contributed by atoms with Crippen LogP contribution in [-0.4, -0.2) is 31.2 Å². The lowest BCUT2D eigenvalue weighted by Crippen LogP contribution is -2.49. The van der Waals surface area contributed by atoms with Crippen LogP contribution in [0.4, 0.5) is 4.79 Å². The highest BCUT2D eigenvalue weighted by Crippen LogP contribution is 2.11. The summed E-state index contributed by atoms with van der Waals surface area (Å²) < 4.78 is 0. The Kier molecular flexibility index (Phi) is 5.47. The first-order chi connectivity index (χ1) is 7.22. The molecule has 88 valence electrons. The fourth-order valence-corrected chi connectivity index (χ4v) is 1.92. The Bertz CT molecular complexity index is 196. The van der Waals surface area contributed by atoms with Crippen molar-refractivity contribution < 1.29 is 4.79 Å². The van der Waals surface area contributed by atoms with Gasteiger partial charge in [-0.2, -0.15) is 0 Å². The van der Waals surface area contributed by atoms with E-state index in [1.165, 1.54) is 19.3 Å². The van der Waals surface area contributed by atoms with Crippen molar-refractivity contribution in [2.24, 2.45) is 0 Å². The normalized spacial score (nSPS) is 26.0. The minimum absolute atomic E-state index is 0.0446. The number of rotatable bonds is 4. The second-order valence-corrected chi connectivity index (χ2v) is 4.33. The minimum atomic E-state index is -0.0446. The van der Waals surface area contributed by atoms with Gasteiger partial charge in [-0.15, -0.1) is 0 Å². The first-order valence-corrected chi connectivity index (χ1v) is 6.00. The Morgan fingerprint density at radius 3 is 2.87 bits per heavy atom. The molecule has 4 heteroatoms. The molecule has 3 N–H and O–H groups in total. The van der Waals surface area contributed by atoms with Crippen LogP contribution in [-0.2, 0) is 0 Å². The number of amides is 2. The molecule has 1 rings (SSSR count). The van der Waals surface area contributed by atoms with Gasteiger partial charge in [0.05, 0.1) is 0 Å². The zero-order chi connectivity index (χ0) is 11.1. The van der Waals surface area contributed by atoms with Crippen molar-refractivity contribution in [3.8, 4) is 0 Å². The van der Waals surface area contributed by atoms with Crippen molar-refractivity contribution in [3.05, 3.63) is 0 Å². The number of hydrogen-bond donors (Lipinski definition) is 3. The van der Waals surface area contributed by atoms with E-state index in [1.54, 1.807) is 0 Å². The smallest absolute Gasteiger partial charge is 0.314 e. The van der Waals surface area contributed by atoms with Gasteiger partial charge in [-0.05, 0) is 26.2 Å². The lowest BCUT2D eigenvalue weighted by Gasteiger charge is -2.28. The lowest BCUT2D eigenvalue weighted by molar-refractivity contribution is 0.237. The summed E-state index contributed by atoms with van der Waals surface area (Å²) in [5.41, 5.74) is 0. The molecular weight excluding hydrogens is 190 g/mol. The second kappa shape index (κ2) is 6.67. The summed E-state index contributed by atoms with van der Waals surface area (Å²) in [7, 11) is 0. The average Bonchev–Trinajstić information content (AvgIpc) is 2.23. The lowest BCUT2D eigenvalue weighted by atomic mass is 10.00. The molecule has 0 spiro atoms. The summed E-state index contributed by atoms with van der Waals surface area (Å²) >= 11 is 0. The number of carbonyl (C=O) groups excluding carboxylic acids is 1. The molecule has 1 aliphatic rings. The van der Waals surface area contributed by atoms with Crippen molar-refractivity contribution in [1.29, 1.82) is 0 Å². The van der Waals surface area contributed by atoms with Gasteiger partial charge in [-0.1, -0.05) is 13.3 Å². The summed E-state index contributed by atoms with van der Waals surface area (Å²) in [4.78, 5) is 11.3. The molecule has 0 aromatic heterocycles. The molecule has 0 radical (unpaired) electrons. The zero-order valence-corrected chi connectivity index (χ0v) is 9.81. The van der Waals surface area contributed by atoms with Gasteiger partial charge in [-0.3, -0.25) is 0 Å². The Labute approximate surface area is 92.2 Å². The van der Waals surface area contributed by atoms with Crippen LogP contribution < -0.4 is 16.0 Å². The van der Waals surface area contributed by atoms with Gasteiger partial charge >= 0.3 is 6.03 Å². The van der Waals surface area contributed by atoms with Crippen molar-refractivity contribution in [2.75, 3.05) is 13.1 Å².